The number of hydrogen-bond donors (Lipinski definition) is 1. The number of ketones is 1. The van der Waals surface area contributed by atoms with Gasteiger partial charge in [-0.2, -0.15) is 4.98 Å². The van der Waals surface area contributed by atoms with Crippen LogP contribution in [0.1, 0.15) is 45.2 Å². The summed E-state index contributed by atoms with van der Waals surface area (Å²) in [6, 6.07) is 5.29. The van der Waals surface area contributed by atoms with Crippen LogP contribution < -0.4 is 14.8 Å². The van der Waals surface area contributed by atoms with E-state index in [1.54, 1.807) is 26.0 Å². The van der Waals surface area contributed by atoms with Crippen molar-refractivity contribution in [2.24, 2.45) is 5.41 Å². The third kappa shape index (κ3) is 3.50. The Morgan fingerprint density at radius 1 is 1.28 bits per heavy atom. The van der Waals surface area contributed by atoms with Crippen LogP contribution in [0, 0.1) is 5.41 Å². The summed E-state index contributed by atoms with van der Waals surface area (Å²) >= 11 is 1.58. The first-order valence-electron chi connectivity index (χ1n) is 9.71. The van der Waals surface area contributed by atoms with Gasteiger partial charge in [-0.1, -0.05) is 32.5 Å². The fourth-order valence-corrected chi connectivity index (χ4v) is 4.67. The van der Waals surface area contributed by atoms with E-state index in [2.05, 4.69) is 31.1 Å². The van der Waals surface area contributed by atoms with Crippen LogP contribution in [0.5, 0.6) is 11.5 Å². The van der Waals surface area contributed by atoms with Crippen molar-refractivity contribution in [1.82, 2.24) is 14.8 Å². The fraction of sp³-hybridized carbons (Fsp3) is 0.476. The molecule has 0 bridgehead atoms. The zero-order chi connectivity index (χ0) is 20.8. The molecular weight excluding hydrogens is 388 g/mol. The Morgan fingerprint density at radius 2 is 2.07 bits per heavy atom. The maximum atomic E-state index is 13.3. The number of fused-ring (bicyclic) bond motifs is 1. The summed E-state index contributed by atoms with van der Waals surface area (Å²) in [5.41, 5.74) is 2.45. The van der Waals surface area contributed by atoms with Crippen LogP contribution in [0.3, 0.4) is 0 Å². The Hall–Kier alpha value is -2.48. The van der Waals surface area contributed by atoms with Gasteiger partial charge in [0, 0.05) is 29.3 Å². The van der Waals surface area contributed by atoms with Gasteiger partial charge >= 0.3 is 0 Å². The number of aromatic nitrogens is 3. The lowest BCUT2D eigenvalue weighted by molar-refractivity contribution is -0.118. The fourth-order valence-electron chi connectivity index (χ4n) is 4.11. The smallest absolute Gasteiger partial charge is 0.227 e. The number of benzene rings is 1. The maximum Gasteiger partial charge on any atom is 0.227 e. The van der Waals surface area contributed by atoms with Crippen LogP contribution in [0.2, 0.25) is 0 Å². The van der Waals surface area contributed by atoms with E-state index >= 15 is 0 Å². The lowest BCUT2D eigenvalue weighted by atomic mass is 9.73. The van der Waals surface area contributed by atoms with E-state index in [4.69, 9.17) is 14.6 Å². The van der Waals surface area contributed by atoms with Gasteiger partial charge in [0.2, 0.25) is 11.1 Å². The Morgan fingerprint density at radius 3 is 2.76 bits per heavy atom. The summed E-state index contributed by atoms with van der Waals surface area (Å²) in [6.45, 7) is 6.31. The van der Waals surface area contributed by atoms with Crippen LogP contribution in [0.25, 0.3) is 0 Å². The molecule has 0 spiro atoms. The van der Waals surface area contributed by atoms with E-state index in [1.165, 1.54) is 0 Å². The van der Waals surface area contributed by atoms with Gasteiger partial charge in [0.1, 0.15) is 17.5 Å². The molecule has 7 nitrogen and oxygen atoms in total. The minimum Gasteiger partial charge on any atom is -0.497 e. The standard InChI is InChI=1S/C21H26N4O3S/c1-6-29-20-23-19-22-14-10-21(2,3)11-15(26)17(14)18(25(19)24-20)13-8-7-12(27-4)9-16(13)28-5/h7-9,18H,6,10-11H2,1-5H3,(H,22,23,24). The van der Waals surface area contributed by atoms with Crippen molar-refractivity contribution in [3.05, 3.63) is 35.0 Å². The maximum absolute atomic E-state index is 13.3. The number of allylic oxidation sites excluding steroid dienone is 2. The molecule has 1 atom stereocenters. The van der Waals surface area contributed by atoms with Gasteiger partial charge in [0.25, 0.3) is 0 Å². The number of carbonyl (C=O) groups is 1. The predicted octanol–water partition coefficient (Wildman–Crippen LogP) is 4.07. The molecule has 1 aromatic carbocycles. The van der Waals surface area contributed by atoms with E-state index in [-0.39, 0.29) is 17.2 Å². The normalized spacial score (nSPS) is 20.0. The number of ether oxygens (including phenoxy) is 2. The summed E-state index contributed by atoms with van der Waals surface area (Å²) in [7, 11) is 3.25. The number of thioether (sulfide) groups is 1. The first-order valence-corrected chi connectivity index (χ1v) is 10.7. The third-order valence-electron chi connectivity index (χ3n) is 5.32. The molecule has 154 valence electrons. The largest absolute Gasteiger partial charge is 0.497 e. The molecule has 0 fully saturated rings. The molecule has 29 heavy (non-hydrogen) atoms. The molecule has 2 aromatic rings. The minimum atomic E-state index is -0.385. The molecule has 1 N–H and O–H groups in total. The zero-order valence-corrected chi connectivity index (χ0v) is 18.2. The first kappa shape index (κ1) is 19.8. The molecular formula is C21H26N4O3S. The van der Waals surface area contributed by atoms with Crippen LogP contribution >= 0.6 is 11.8 Å². The lowest BCUT2D eigenvalue weighted by Gasteiger charge is -2.38. The summed E-state index contributed by atoms with van der Waals surface area (Å²) in [5, 5.41) is 8.80. The highest BCUT2D eigenvalue weighted by Gasteiger charge is 2.42. The third-order valence-corrected chi connectivity index (χ3v) is 6.04. The lowest BCUT2D eigenvalue weighted by Crippen LogP contribution is -2.36. The quantitative estimate of drug-likeness (QED) is 0.739. The topological polar surface area (TPSA) is 78.3 Å². The minimum absolute atomic E-state index is 0.0966. The van der Waals surface area contributed by atoms with Crippen LogP contribution in [-0.2, 0) is 4.79 Å². The highest BCUT2D eigenvalue weighted by molar-refractivity contribution is 7.99. The van der Waals surface area contributed by atoms with Gasteiger partial charge in [-0.15, -0.1) is 5.10 Å². The second kappa shape index (κ2) is 7.40. The first-order chi connectivity index (χ1) is 13.9. The molecule has 0 radical (unpaired) electrons. The van der Waals surface area contributed by atoms with E-state index in [9.17, 15) is 4.79 Å². The van der Waals surface area contributed by atoms with Crippen LogP contribution in [0.15, 0.2) is 34.6 Å². The monoisotopic (exact) mass is 414 g/mol. The van der Waals surface area contributed by atoms with Gasteiger partial charge in [0.05, 0.1) is 14.2 Å². The molecule has 0 saturated carbocycles. The number of methoxy groups -OCH3 is 2. The molecule has 0 amide bonds. The van der Waals surface area contributed by atoms with Gasteiger partial charge in [-0.3, -0.25) is 4.79 Å². The molecule has 0 saturated heterocycles. The molecule has 1 aliphatic heterocycles. The highest BCUT2D eigenvalue weighted by atomic mass is 32.2. The molecule has 4 rings (SSSR count). The Bertz CT molecular complexity index is 996. The Kier molecular flexibility index (Phi) is 5.06. The summed E-state index contributed by atoms with van der Waals surface area (Å²) in [6.07, 6.45) is 1.29. The number of hydrogen-bond acceptors (Lipinski definition) is 7. The van der Waals surface area contributed by atoms with E-state index in [1.807, 2.05) is 22.9 Å². The van der Waals surface area contributed by atoms with Crippen molar-refractivity contribution in [3.63, 3.8) is 0 Å². The van der Waals surface area contributed by atoms with Crippen LogP contribution in [-0.4, -0.2) is 40.5 Å². The number of nitrogens with zero attached hydrogens (tertiary/aromatic N) is 3. The molecule has 1 aliphatic carbocycles. The molecule has 2 aliphatic rings. The number of carbonyl (C=O) groups excluding carboxylic acids is 1. The summed E-state index contributed by atoms with van der Waals surface area (Å²) < 4.78 is 12.8. The van der Waals surface area contributed by atoms with Crippen molar-refractivity contribution < 1.29 is 14.3 Å². The predicted molar refractivity (Wildman–Crippen MR) is 113 cm³/mol. The second-order valence-electron chi connectivity index (χ2n) is 8.06. The zero-order valence-electron chi connectivity index (χ0n) is 17.4. The second-order valence-corrected chi connectivity index (χ2v) is 9.30. The van der Waals surface area contributed by atoms with Crippen LogP contribution in [0.4, 0.5) is 5.95 Å². The Labute approximate surface area is 174 Å². The van der Waals surface area contributed by atoms with Gasteiger partial charge in [-0.25, -0.2) is 4.68 Å². The van der Waals surface area contributed by atoms with E-state index in [0.29, 0.717) is 29.0 Å². The SMILES string of the molecule is CCSc1nc2n(n1)C(c1ccc(OC)cc1OC)C1=C(CC(C)(C)CC1=O)N2. The van der Waals surface area contributed by atoms with Gasteiger partial charge in [0.15, 0.2) is 5.78 Å². The number of Topliss-reactive ketones (excluding diaryl/α,β-unsaturated/α-hetero) is 1. The summed E-state index contributed by atoms with van der Waals surface area (Å²) in [5.74, 6) is 3.03. The van der Waals surface area contributed by atoms with Gasteiger partial charge < -0.3 is 14.8 Å². The van der Waals surface area contributed by atoms with Crippen molar-refractivity contribution in [3.8, 4) is 11.5 Å². The molecule has 2 heterocycles. The van der Waals surface area contributed by atoms with Crippen molar-refractivity contribution in [2.75, 3.05) is 25.3 Å². The molecule has 8 heteroatoms. The van der Waals surface area contributed by atoms with Crippen molar-refractivity contribution >= 4 is 23.5 Å². The van der Waals surface area contributed by atoms with E-state index in [0.717, 1.165) is 29.0 Å². The number of anilines is 1. The summed E-state index contributed by atoms with van der Waals surface area (Å²) in [4.78, 5) is 17.9. The number of rotatable bonds is 5. The van der Waals surface area contributed by atoms with E-state index < -0.39 is 0 Å². The average molecular weight is 415 g/mol. The average Bonchev–Trinajstić information content (AvgIpc) is 3.07. The number of nitrogens with one attached hydrogen (secondary N) is 1. The highest BCUT2D eigenvalue weighted by Crippen LogP contribution is 2.47. The Balaban J connectivity index is 1.91. The molecule has 1 unspecified atom stereocenters. The van der Waals surface area contributed by atoms with Crippen molar-refractivity contribution in [2.45, 2.75) is 44.8 Å². The van der Waals surface area contributed by atoms with Gasteiger partial charge in [-0.05, 0) is 29.7 Å². The molecule has 1 aromatic heterocycles. The van der Waals surface area contributed by atoms with Crippen molar-refractivity contribution in [1.29, 1.82) is 0 Å².